The lowest BCUT2D eigenvalue weighted by Crippen LogP contribution is -2.57. The van der Waals surface area contributed by atoms with Gasteiger partial charge in [0.15, 0.2) is 6.10 Å². The molecule has 4 N–H and O–H groups in total. The molecule has 0 aromatic heterocycles. The maximum Gasteiger partial charge on any atom is 0.305 e. The molecule has 0 aromatic rings. The van der Waals surface area contributed by atoms with E-state index in [0.29, 0.717) is 0 Å². The van der Waals surface area contributed by atoms with E-state index in [0.717, 1.165) is 38.5 Å². The van der Waals surface area contributed by atoms with Crippen molar-refractivity contribution in [2.24, 2.45) is 5.41 Å². The summed E-state index contributed by atoms with van der Waals surface area (Å²) in [4.78, 5) is 0. The van der Waals surface area contributed by atoms with E-state index in [1.807, 2.05) is 0 Å². The molecule has 6 heteroatoms. The molecule has 0 aromatic carbocycles. The van der Waals surface area contributed by atoms with Crippen molar-refractivity contribution < 1.29 is 20.4 Å². The summed E-state index contributed by atoms with van der Waals surface area (Å²) in [6, 6.07) is 0. The summed E-state index contributed by atoms with van der Waals surface area (Å²) in [5, 5.41) is 40.1. The molecule has 0 fully saturated rings. The molecule has 0 amide bonds. The molecule has 0 bridgehead atoms. The first-order valence-corrected chi connectivity index (χ1v) is 22.3. The minimum absolute atomic E-state index is 0.447. The van der Waals surface area contributed by atoms with Gasteiger partial charge in [-0.1, -0.05) is 258 Å². The third-order valence-electron chi connectivity index (χ3n) is 10.7. The Labute approximate surface area is 310 Å². The summed E-state index contributed by atoms with van der Waals surface area (Å²) in [7, 11) is 0. The SMILES string of the molecule is CCCCCCCCCCCCCCCCCCC(C)(CCCCCCCCCCCCCCCCCC)C(Br)(Br)C(O)C(O)(O)O. The lowest BCUT2D eigenvalue weighted by atomic mass is 9.74. The Morgan fingerprint density at radius 1 is 0.383 bits per heavy atom. The van der Waals surface area contributed by atoms with Gasteiger partial charge in [-0.3, -0.25) is 0 Å². The molecule has 0 aliphatic heterocycles. The maximum absolute atomic E-state index is 10.7. The van der Waals surface area contributed by atoms with E-state index in [-0.39, 0.29) is 0 Å². The lowest BCUT2D eigenvalue weighted by molar-refractivity contribution is -0.358. The highest BCUT2D eigenvalue weighted by molar-refractivity contribution is 9.25. The van der Waals surface area contributed by atoms with Crippen LogP contribution in [0, 0.1) is 5.41 Å². The number of unbranched alkanes of at least 4 members (excludes halogenated alkanes) is 30. The van der Waals surface area contributed by atoms with Crippen molar-refractivity contribution in [2.75, 3.05) is 0 Å². The van der Waals surface area contributed by atoms with Crippen LogP contribution in [-0.4, -0.2) is 35.7 Å². The zero-order valence-corrected chi connectivity index (χ0v) is 34.8. The minimum atomic E-state index is -3.17. The molecule has 0 aliphatic rings. The number of aliphatic hydroxyl groups is 4. The monoisotopic (exact) mass is 796 g/mol. The van der Waals surface area contributed by atoms with Crippen LogP contribution in [-0.2, 0) is 0 Å². The number of rotatable bonds is 37. The van der Waals surface area contributed by atoms with Gasteiger partial charge in [-0.05, 0) is 18.3 Å². The third kappa shape index (κ3) is 26.3. The molecular weight excluding hydrogens is 716 g/mol. The van der Waals surface area contributed by atoms with E-state index in [1.165, 1.54) is 180 Å². The molecule has 284 valence electrons. The standard InChI is InChI=1S/C41H82Br2O4/c1-4-6-8-10-12-14-16-18-20-22-24-26-28-30-32-34-36-39(3,40(42,43)38(44)41(45,46)47)37-35-33-31-29-27-25-23-21-19-17-15-13-11-9-7-5-2/h38,44-47H,4-37H2,1-3H3. The Morgan fingerprint density at radius 2 is 0.574 bits per heavy atom. The molecular formula is C41H82Br2O4. The fourth-order valence-corrected chi connectivity index (χ4v) is 8.57. The Hall–Kier alpha value is 0.800. The summed E-state index contributed by atoms with van der Waals surface area (Å²) >= 11 is 7.18. The van der Waals surface area contributed by atoms with Crippen molar-refractivity contribution in [1.82, 2.24) is 0 Å². The summed E-state index contributed by atoms with van der Waals surface area (Å²) in [6.07, 6.45) is 42.5. The molecule has 4 nitrogen and oxygen atoms in total. The average Bonchev–Trinajstić information content (AvgIpc) is 3.03. The van der Waals surface area contributed by atoms with E-state index in [1.54, 1.807) is 0 Å². The number of aliphatic hydroxyl groups excluding tert-OH is 1. The Kier molecular flexibility index (Phi) is 32.1. The van der Waals surface area contributed by atoms with Crippen LogP contribution in [0.5, 0.6) is 0 Å². The molecule has 0 saturated carbocycles. The number of hydrogen-bond donors (Lipinski definition) is 4. The van der Waals surface area contributed by atoms with Crippen molar-refractivity contribution in [2.45, 2.75) is 254 Å². The molecule has 0 saturated heterocycles. The van der Waals surface area contributed by atoms with Crippen LogP contribution in [0.2, 0.25) is 0 Å². The van der Waals surface area contributed by atoms with Gasteiger partial charge in [0.05, 0.1) is 0 Å². The average molecular weight is 799 g/mol. The molecule has 0 rings (SSSR count). The van der Waals surface area contributed by atoms with Gasteiger partial charge in [0, 0.05) is 0 Å². The van der Waals surface area contributed by atoms with Gasteiger partial charge >= 0.3 is 5.97 Å². The Morgan fingerprint density at radius 3 is 0.766 bits per heavy atom. The van der Waals surface area contributed by atoms with Crippen LogP contribution in [0.3, 0.4) is 0 Å². The normalized spacial score (nSPS) is 13.5. The first-order chi connectivity index (χ1) is 22.5. The van der Waals surface area contributed by atoms with E-state index in [4.69, 9.17) is 0 Å². The Balaban J connectivity index is 4.18. The van der Waals surface area contributed by atoms with Crippen molar-refractivity contribution in [3.05, 3.63) is 0 Å². The zero-order valence-electron chi connectivity index (χ0n) is 31.7. The second-order valence-electron chi connectivity index (χ2n) is 15.4. The second-order valence-corrected chi connectivity index (χ2v) is 18.9. The fourth-order valence-electron chi connectivity index (χ4n) is 7.16. The van der Waals surface area contributed by atoms with Crippen LogP contribution >= 0.6 is 31.9 Å². The quantitative estimate of drug-likeness (QED) is 0.0287. The van der Waals surface area contributed by atoms with Crippen molar-refractivity contribution >= 4 is 31.9 Å². The topological polar surface area (TPSA) is 80.9 Å². The van der Waals surface area contributed by atoms with Crippen LogP contribution < -0.4 is 0 Å². The highest BCUT2D eigenvalue weighted by atomic mass is 79.9. The van der Waals surface area contributed by atoms with Gasteiger partial charge < -0.3 is 20.4 Å². The predicted octanol–water partition coefficient (Wildman–Crippen LogP) is 13.8. The largest absolute Gasteiger partial charge is 0.382 e. The van der Waals surface area contributed by atoms with Crippen molar-refractivity contribution in [3.63, 3.8) is 0 Å². The molecule has 0 spiro atoms. The van der Waals surface area contributed by atoms with Crippen LogP contribution in [0.15, 0.2) is 0 Å². The molecule has 0 heterocycles. The van der Waals surface area contributed by atoms with Crippen LogP contribution in [0.1, 0.15) is 239 Å². The summed E-state index contributed by atoms with van der Waals surface area (Å²) in [5.74, 6) is -3.17. The summed E-state index contributed by atoms with van der Waals surface area (Å²) < 4.78 is -1.20. The van der Waals surface area contributed by atoms with E-state index >= 15 is 0 Å². The number of halogens is 2. The lowest BCUT2D eigenvalue weighted by Gasteiger charge is -2.46. The minimum Gasteiger partial charge on any atom is -0.382 e. The van der Waals surface area contributed by atoms with E-state index < -0.39 is 20.7 Å². The van der Waals surface area contributed by atoms with Crippen molar-refractivity contribution in [1.29, 1.82) is 0 Å². The van der Waals surface area contributed by atoms with E-state index in [9.17, 15) is 20.4 Å². The third-order valence-corrected chi connectivity index (χ3v) is 13.5. The maximum atomic E-state index is 10.7. The van der Waals surface area contributed by atoms with Gasteiger partial charge in [-0.15, -0.1) is 0 Å². The first kappa shape index (κ1) is 47.8. The van der Waals surface area contributed by atoms with Gasteiger partial charge in [-0.2, -0.15) is 0 Å². The molecule has 1 unspecified atom stereocenters. The highest BCUT2D eigenvalue weighted by Gasteiger charge is 2.55. The summed E-state index contributed by atoms with van der Waals surface area (Å²) in [5.41, 5.74) is -0.447. The first-order valence-electron chi connectivity index (χ1n) is 20.8. The van der Waals surface area contributed by atoms with E-state index in [2.05, 4.69) is 52.6 Å². The Bertz CT molecular complexity index is 616. The smallest absolute Gasteiger partial charge is 0.305 e. The number of alkyl halides is 2. The van der Waals surface area contributed by atoms with Crippen molar-refractivity contribution in [3.8, 4) is 0 Å². The summed E-state index contributed by atoms with van der Waals surface area (Å²) in [6.45, 7) is 6.66. The highest BCUT2D eigenvalue weighted by Crippen LogP contribution is 2.54. The molecule has 0 radical (unpaired) electrons. The molecule has 1 atom stereocenters. The molecule has 0 aliphatic carbocycles. The molecule has 47 heavy (non-hydrogen) atoms. The van der Waals surface area contributed by atoms with Gasteiger partial charge in [0.1, 0.15) is 3.23 Å². The second kappa shape index (κ2) is 31.5. The predicted molar refractivity (Wildman–Crippen MR) is 212 cm³/mol. The fraction of sp³-hybridized carbons (Fsp3) is 1.00. The van der Waals surface area contributed by atoms with Gasteiger partial charge in [0.25, 0.3) is 0 Å². The van der Waals surface area contributed by atoms with Gasteiger partial charge in [0.2, 0.25) is 0 Å². The van der Waals surface area contributed by atoms with Crippen LogP contribution in [0.25, 0.3) is 0 Å². The van der Waals surface area contributed by atoms with Gasteiger partial charge in [-0.25, -0.2) is 0 Å². The van der Waals surface area contributed by atoms with Crippen LogP contribution in [0.4, 0.5) is 0 Å². The number of hydrogen-bond acceptors (Lipinski definition) is 4. The zero-order chi connectivity index (χ0) is 35.1.